The number of halogens is 1. The zero-order chi connectivity index (χ0) is 13.4. The molecule has 3 rings (SSSR count). The van der Waals surface area contributed by atoms with Crippen molar-refractivity contribution < 1.29 is 4.79 Å². The van der Waals surface area contributed by atoms with E-state index in [-0.39, 0.29) is 17.9 Å². The fraction of sp³-hybridized carbons (Fsp3) is 0.0769. The number of ketones is 1. The minimum absolute atomic E-state index is 0.0487. The van der Waals surface area contributed by atoms with Crippen molar-refractivity contribution in [3.63, 3.8) is 0 Å². The maximum absolute atomic E-state index is 12.2. The third kappa shape index (κ3) is 2.43. The Kier molecular flexibility index (Phi) is 3.38. The molecule has 0 N–H and O–H groups in total. The number of aromatic nitrogens is 1. The van der Waals surface area contributed by atoms with Crippen molar-refractivity contribution in [2.75, 3.05) is 0 Å². The summed E-state index contributed by atoms with van der Waals surface area (Å²) < 4.78 is 3.33. The molecule has 0 aromatic carbocycles. The van der Waals surface area contributed by atoms with Crippen LogP contribution in [0.15, 0.2) is 44.4 Å². The summed E-state index contributed by atoms with van der Waals surface area (Å²) in [6, 6.07) is 7.28. The van der Waals surface area contributed by atoms with Crippen LogP contribution >= 0.6 is 38.6 Å². The third-order valence-corrected chi connectivity index (χ3v) is 5.30. The lowest BCUT2D eigenvalue weighted by Crippen LogP contribution is -2.23. The van der Waals surface area contributed by atoms with E-state index in [0.29, 0.717) is 10.3 Å². The van der Waals surface area contributed by atoms with Crippen LogP contribution in [0.2, 0.25) is 0 Å². The summed E-state index contributed by atoms with van der Waals surface area (Å²) in [5, 5.41) is 2.56. The summed E-state index contributed by atoms with van der Waals surface area (Å²) in [7, 11) is 0. The van der Waals surface area contributed by atoms with Gasteiger partial charge in [-0.1, -0.05) is 0 Å². The minimum atomic E-state index is -0.109. The van der Waals surface area contributed by atoms with Gasteiger partial charge >= 0.3 is 0 Å². The molecule has 6 heteroatoms. The Morgan fingerprint density at radius 1 is 1.26 bits per heavy atom. The van der Waals surface area contributed by atoms with E-state index < -0.39 is 0 Å². The van der Waals surface area contributed by atoms with Crippen molar-refractivity contribution in [1.29, 1.82) is 0 Å². The topological polar surface area (TPSA) is 39.1 Å². The van der Waals surface area contributed by atoms with Gasteiger partial charge in [0.15, 0.2) is 5.78 Å². The van der Waals surface area contributed by atoms with Crippen molar-refractivity contribution in [3.05, 3.63) is 54.9 Å². The highest BCUT2D eigenvalue weighted by Crippen LogP contribution is 2.23. The summed E-state index contributed by atoms with van der Waals surface area (Å²) in [4.78, 5) is 24.9. The second kappa shape index (κ2) is 5.03. The van der Waals surface area contributed by atoms with Crippen LogP contribution in [0, 0.1) is 0 Å². The number of pyridine rings is 1. The predicted octanol–water partition coefficient (Wildman–Crippen LogP) is 3.77. The molecular weight excluding hydrogens is 346 g/mol. The average Bonchev–Trinajstić information content (AvgIpc) is 3.01. The first-order valence-corrected chi connectivity index (χ1v) is 7.99. The fourth-order valence-corrected chi connectivity index (χ4v) is 3.92. The van der Waals surface area contributed by atoms with E-state index in [2.05, 4.69) is 15.9 Å². The van der Waals surface area contributed by atoms with E-state index in [1.54, 1.807) is 18.3 Å². The summed E-state index contributed by atoms with van der Waals surface area (Å²) in [6.45, 7) is 0.0809. The first kappa shape index (κ1) is 12.8. The van der Waals surface area contributed by atoms with Gasteiger partial charge in [0.1, 0.15) is 0 Å². The van der Waals surface area contributed by atoms with Gasteiger partial charge in [0.2, 0.25) is 0 Å². The molecule has 96 valence electrons. The van der Waals surface area contributed by atoms with Gasteiger partial charge in [0.05, 0.1) is 20.6 Å². The van der Waals surface area contributed by atoms with E-state index in [0.717, 1.165) is 8.49 Å². The second-order valence-corrected chi connectivity index (χ2v) is 7.38. The van der Waals surface area contributed by atoms with Gasteiger partial charge in [-0.05, 0) is 45.6 Å². The number of nitrogens with zero attached hydrogens (tertiary/aromatic N) is 1. The lowest BCUT2D eigenvalue weighted by atomic mass is 10.3. The number of carbonyl (C=O) groups is 1. The molecule has 0 amide bonds. The van der Waals surface area contributed by atoms with Crippen molar-refractivity contribution in [1.82, 2.24) is 4.57 Å². The van der Waals surface area contributed by atoms with Crippen LogP contribution in [0.5, 0.6) is 0 Å². The third-order valence-electron chi connectivity index (χ3n) is 2.75. The molecule has 0 aliphatic carbocycles. The van der Waals surface area contributed by atoms with Crippen molar-refractivity contribution in [3.8, 4) is 0 Å². The molecule has 3 aromatic rings. The van der Waals surface area contributed by atoms with Gasteiger partial charge in [-0.2, -0.15) is 0 Å². The molecule has 3 aromatic heterocycles. The minimum Gasteiger partial charge on any atom is -0.307 e. The number of thiophene rings is 2. The zero-order valence-corrected chi connectivity index (χ0v) is 12.8. The van der Waals surface area contributed by atoms with E-state index in [9.17, 15) is 9.59 Å². The smallest absolute Gasteiger partial charge is 0.259 e. The van der Waals surface area contributed by atoms with Crippen LogP contribution < -0.4 is 5.56 Å². The van der Waals surface area contributed by atoms with E-state index >= 15 is 0 Å². The molecule has 3 heterocycles. The number of rotatable bonds is 3. The highest BCUT2D eigenvalue weighted by Gasteiger charge is 2.11. The van der Waals surface area contributed by atoms with Crippen molar-refractivity contribution in [2.45, 2.75) is 6.54 Å². The Morgan fingerprint density at radius 3 is 2.84 bits per heavy atom. The maximum atomic E-state index is 12.2. The van der Waals surface area contributed by atoms with Gasteiger partial charge in [-0.15, -0.1) is 22.7 Å². The fourth-order valence-electron chi connectivity index (χ4n) is 1.83. The normalized spacial score (nSPS) is 11.0. The molecule has 0 aliphatic rings. The Labute approximate surface area is 125 Å². The molecule has 0 fully saturated rings. The Morgan fingerprint density at radius 2 is 2.11 bits per heavy atom. The first-order valence-electron chi connectivity index (χ1n) is 5.50. The molecule has 0 unspecified atom stereocenters. The summed E-state index contributed by atoms with van der Waals surface area (Å²) in [5.41, 5.74) is -0.109. The van der Waals surface area contributed by atoms with Gasteiger partial charge in [0.25, 0.3) is 5.56 Å². The van der Waals surface area contributed by atoms with Crippen LogP contribution in [0.25, 0.3) is 10.1 Å². The lowest BCUT2D eigenvalue weighted by Gasteiger charge is -2.03. The maximum Gasteiger partial charge on any atom is 0.259 e. The van der Waals surface area contributed by atoms with E-state index in [1.807, 2.05) is 17.5 Å². The van der Waals surface area contributed by atoms with Gasteiger partial charge in [0, 0.05) is 10.9 Å². The molecule has 19 heavy (non-hydrogen) atoms. The molecule has 0 saturated carbocycles. The SMILES string of the molecule is O=C(Cn1ccc2sccc2c1=O)c1ccc(Br)s1. The van der Waals surface area contributed by atoms with E-state index in [4.69, 9.17) is 0 Å². The molecule has 3 nitrogen and oxygen atoms in total. The molecule has 0 saturated heterocycles. The summed E-state index contributed by atoms with van der Waals surface area (Å²) in [5.74, 6) is -0.0487. The first-order chi connectivity index (χ1) is 9.15. The van der Waals surface area contributed by atoms with Crippen molar-refractivity contribution >= 4 is 54.5 Å². The zero-order valence-electron chi connectivity index (χ0n) is 9.63. The van der Waals surface area contributed by atoms with Crippen LogP contribution in [0.4, 0.5) is 0 Å². The molecule has 0 radical (unpaired) electrons. The second-order valence-electron chi connectivity index (χ2n) is 3.97. The number of hydrogen-bond acceptors (Lipinski definition) is 4. The van der Waals surface area contributed by atoms with Gasteiger partial charge in [-0.25, -0.2) is 0 Å². The van der Waals surface area contributed by atoms with Crippen LogP contribution in [0.3, 0.4) is 0 Å². The molecule has 0 aliphatic heterocycles. The molecule has 0 atom stereocenters. The highest BCUT2D eigenvalue weighted by molar-refractivity contribution is 9.11. The van der Waals surface area contributed by atoms with Gasteiger partial charge in [-0.3, -0.25) is 9.59 Å². The number of fused-ring (bicyclic) bond motifs is 1. The van der Waals surface area contributed by atoms with E-state index in [1.165, 1.54) is 27.2 Å². The number of Topliss-reactive ketones (excluding diaryl/α,β-unsaturated/α-hetero) is 1. The van der Waals surface area contributed by atoms with Crippen LogP contribution in [0.1, 0.15) is 9.67 Å². The Bertz CT molecular complexity index is 815. The average molecular weight is 354 g/mol. The highest BCUT2D eigenvalue weighted by atomic mass is 79.9. The predicted molar refractivity (Wildman–Crippen MR) is 82.4 cm³/mol. The largest absolute Gasteiger partial charge is 0.307 e. The Hall–Kier alpha value is -1.24. The molecular formula is C13H8BrNO2S2. The molecule has 0 bridgehead atoms. The number of carbonyl (C=O) groups excluding carboxylic acids is 1. The van der Waals surface area contributed by atoms with Crippen molar-refractivity contribution in [2.24, 2.45) is 0 Å². The monoisotopic (exact) mass is 353 g/mol. The van der Waals surface area contributed by atoms with Crippen LogP contribution in [-0.2, 0) is 6.54 Å². The lowest BCUT2D eigenvalue weighted by molar-refractivity contribution is 0.0975. The summed E-state index contributed by atoms with van der Waals surface area (Å²) >= 11 is 6.23. The van der Waals surface area contributed by atoms with Gasteiger partial charge < -0.3 is 4.57 Å². The van der Waals surface area contributed by atoms with Crippen LogP contribution in [-0.4, -0.2) is 10.4 Å². The summed E-state index contributed by atoms with van der Waals surface area (Å²) in [6.07, 6.45) is 1.68. The molecule has 0 spiro atoms. The Balaban J connectivity index is 1.95. The standard InChI is InChI=1S/C13H8BrNO2S2/c14-12-2-1-11(19-12)9(16)7-15-5-3-10-8(13(15)17)4-6-18-10/h1-6H,7H2. The number of hydrogen-bond donors (Lipinski definition) is 0. The quantitative estimate of drug-likeness (QED) is 0.672.